The fraction of sp³-hybridized carbons (Fsp3) is 0.700. The Labute approximate surface area is 99.3 Å². The topological polar surface area (TPSA) is 119 Å². The minimum Gasteiger partial charge on any atom is -0.480 e. The summed E-state index contributed by atoms with van der Waals surface area (Å²) in [6.07, 6.45) is 0.638. The van der Waals surface area contributed by atoms with Gasteiger partial charge < -0.3 is 20.9 Å². The Hall–Kier alpha value is -1.79. The quantitative estimate of drug-likeness (QED) is 0.530. The summed E-state index contributed by atoms with van der Waals surface area (Å²) in [7, 11) is 0. The fourth-order valence-corrected chi connectivity index (χ4v) is 1.04. The van der Waals surface area contributed by atoms with Crippen LogP contribution in [0.5, 0.6) is 0 Å². The van der Waals surface area contributed by atoms with Crippen molar-refractivity contribution in [3.63, 3.8) is 0 Å². The Morgan fingerprint density at radius 2 is 2.06 bits per heavy atom. The van der Waals surface area contributed by atoms with E-state index in [0.717, 1.165) is 6.42 Å². The van der Waals surface area contributed by atoms with E-state index in [4.69, 9.17) is 15.6 Å². The van der Waals surface area contributed by atoms with Gasteiger partial charge in [-0.1, -0.05) is 13.3 Å². The third kappa shape index (κ3) is 8.06. The van der Waals surface area contributed by atoms with E-state index in [0.29, 0.717) is 6.42 Å². The van der Waals surface area contributed by atoms with Crippen LogP contribution in [0.1, 0.15) is 32.6 Å². The van der Waals surface area contributed by atoms with E-state index in [2.05, 4.69) is 5.32 Å². The van der Waals surface area contributed by atoms with Crippen LogP contribution >= 0.6 is 0 Å². The summed E-state index contributed by atoms with van der Waals surface area (Å²) < 4.78 is 4.74. The molecular weight excluding hydrogens is 228 g/mol. The largest absolute Gasteiger partial charge is 0.480 e. The van der Waals surface area contributed by atoms with E-state index in [1.54, 1.807) is 0 Å². The molecule has 0 aromatic heterocycles. The van der Waals surface area contributed by atoms with Gasteiger partial charge in [0.2, 0.25) is 5.91 Å². The molecule has 0 aromatic rings. The Morgan fingerprint density at radius 1 is 1.41 bits per heavy atom. The molecule has 0 aromatic carbocycles. The summed E-state index contributed by atoms with van der Waals surface area (Å²) >= 11 is 0. The number of alkyl carbamates (subject to hydrolysis) is 1. The molecule has 0 saturated heterocycles. The highest BCUT2D eigenvalue weighted by Gasteiger charge is 2.20. The molecule has 0 aliphatic rings. The highest BCUT2D eigenvalue weighted by molar-refractivity contribution is 5.81. The van der Waals surface area contributed by atoms with Gasteiger partial charge in [0.1, 0.15) is 6.04 Å². The number of carbonyl (C=O) groups excluding carboxylic acids is 2. The van der Waals surface area contributed by atoms with Crippen molar-refractivity contribution in [1.82, 2.24) is 5.32 Å². The summed E-state index contributed by atoms with van der Waals surface area (Å²) in [5.41, 5.74) is 4.89. The Bertz CT molecular complexity index is 280. The molecule has 2 amide bonds. The molecule has 0 heterocycles. The van der Waals surface area contributed by atoms with Crippen molar-refractivity contribution < 1.29 is 24.2 Å². The van der Waals surface area contributed by atoms with Gasteiger partial charge in [-0.15, -0.1) is 0 Å². The van der Waals surface area contributed by atoms with Gasteiger partial charge in [-0.05, 0) is 12.8 Å². The van der Waals surface area contributed by atoms with Gasteiger partial charge in [0.05, 0.1) is 6.61 Å². The normalized spacial score (nSPS) is 11.6. The first kappa shape index (κ1) is 15.2. The van der Waals surface area contributed by atoms with E-state index in [1.807, 2.05) is 6.92 Å². The maximum atomic E-state index is 11.2. The summed E-state index contributed by atoms with van der Waals surface area (Å²) in [5.74, 6) is -1.84. The molecule has 7 heteroatoms. The van der Waals surface area contributed by atoms with Crippen molar-refractivity contribution >= 4 is 18.0 Å². The fourth-order valence-electron chi connectivity index (χ4n) is 1.04. The smallest absolute Gasteiger partial charge is 0.407 e. The lowest BCUT2D eigenvalue weighted by atomic mass is 10.1. The standard InChI is InChI=1S/C10H18N2O5/c1-2-3-6-17-10(16)12-7(9(14)15)4-5-8(11)13/h7H,2-6H2,1H3,(H2,11,13)(H,12,16)(H,14,15)/t7-/m0/s1. The Morgan fingerprint density at radius 3 is 2.53 bits per heavy atom. The van der Waals surface area contributed by atoms with Crippen LogP contribution < -0.4 is 11.1 Å². The third-order valence-corrected chi connectivity index (χ3v) is 2.00. The van der Waals surface area contributed by atoms with Crippen molar-refractivity contribution in [1.29, 1.82) is 0 Å². The molecule has 17 heavy (non-hydrogen) atoms. The number of carboxylic acid groups (broad SMARTS) is 1. The van der Waals surface area contributed by atoms with Crippen LogP contribution in [0.25, 0.3) is 0 Å². The number of primary amides is 1. The van der Waals surface area contributed by atoms with Crippen LogP contribution in [0.15, 0.2) is 0 Å². The maximum Gasteiger partial charge on any atom is 0.407 e. The number of aliphatic carboxylic acids is 1. The van der Waals surface area contributed by atoms with Crippen molar-refractivity contribution in [2.45, 2.75) is 38.6 Å². The number of ether oxygens (including phenoxy) is 1. The van der Waals surface area contributed by atoms with Gasteiger partial charge in [0.15, 0.2) is 0 Å². The van der Waals surface area contributed by atoms with Gasteiger partial charge in [-0.3, -0.25) is 4.79 Å². The highest BCUT2D eigenvalue weighted by atomic mass is 16.5. The van der Waals surface area contributed by atoms with E-state index in [9.17, 15) is 14.4 Å². The number of hydrogen-bond acceptors (Lipinski definition) is 4. The lowest BCUT2D eigenvalue weighted by molar-refractivity contribution is -0.139. The number of rotatable bonds is 8. The lowest BCUT2D eigenvalue weighted by Gasteiger charge is -2.13. The SMILES string of the molecule is CCCCOC(=O)N[C@@H](CCC(N)=O)C(=O)O. The summed E-state index contributed by atoms with van der Waals surface area (Å²) in [6, 6.07) is -1.16. The predicted molar refractivity (Wildman–Crippen MR) is 59.2 cm³/mol. The molecule has 0 aliphatic heterocycles. The lowest BCUT2D eigenvalue weighted by Crippen LogP contribution is -2.41. The minimum absolute atomic E-state index is 0.0481. The van der Waals surface area contributed by atoms with Gasteiger partial charge in [0, 0.05) is 6.42 Å². The van der Waals surface area contributed by atoms with Gasteiger partial charge >= 0.3 is 12.1 Å². The molecule has 0 unspecified atom stereocenters. The molecular formula is C10H18N2O5. The second-order valence-electron chi connectivity index (χ2n) is 3.53. The first-order chi connectivity index (χ1) is 7.97. The van der Waals surface area contributed by atoms with Crippen molar-refractivity contribution in [3.05, 3.63) is 0 Å². The zero-order chi connectivity index (χ0) is 13.3. The second-order valence-corrected chi connectivity index (χ2v) is 3.53. The molecule has 0 saturated carbocycles. The number of nitrogens with one attached hydrogen (secondary N) is 1. The number of carboxylic acids is 1. The molecule has 98 valence electrons. The minimum atomic E-state index is -1.22. The number of carbonyl (C=O) groups is 3. The molecule has 4 N–H and O–H groups in total. The molecule has 1 atom stereocenters. The van der Waals surface area contributed by atoms with E-state index in [1.165, 1.54) is 0 Å². The van der Waals surface area contributed by atoms with Gasteiger partial charge in [0.25, 0.3) is 0 Å². The van der Waals surface area contributed by atoms with Crippen LogP contribution in [0, 0.1) is 0 Å². The van der Waals surface area contributed by atoms with Crippen molar-refractivity contribution in [3.8, 4) is 0 Å². The Kier molecular flexibility index (Phi) is 7.49. The first-order valence-electron chi connectivity index (χ1n) is 5.41. The van der Waals surface area contributed by atoms with Gasteiger partial charge in [-0.25, -0.2) is 9.59 Å². The third-order valence-electron chi connectivity index (χ3n) is 2.00. The molecule has 0 radical (unpaired) electrons. The van der Waals surface area contributed by atoms with Crippen LogP contribution in [-0.2, 0) is 14.3 Å². The monoisotopic (exact) mass is 246 g/mol. The second kappa shape index (κ2) is 8.37. The van der Waals surface area contributed by atoms with E-state index in [-0.39, 0.29) is 19.4 Å². The molecule has 0 fully saturated rings. The summed E-state index contributed by atoms with van der Waals surface area (Å²) in [5, 5.41) is 10.9. The van der Waals surface area contributed by atoms with Crippen molar-refractivity contribution in [2.24, 2.45) is 5.73 Å². The van der Waals surface area contributed by atoms with E-state index < -0.39 is 24.0 Å². The zero-order valence-electron chi connectivity index (χ0n) is 9.77. The molecule has 7 nitrogen and oxygen atoms in total. The van der Waals surface area contributed by atoms with Crippen molar-refractivity contribution in [2.75, 3.05) is 6.61 Å². The highest BCUT2D eigenvalue weighted by Crippen LogP contribution is 1.98. The average molecular weight is 246 g/mol. The molecule has 0 bridgehead atoms. The zero-order valence-corrected chi connectivity index (χ0v) is 9.77. The average Bonchev–Trinajstić information content (AvgIpc) is 2.23. The summed E-state index contributed by atoms with van der Waals surface area (Å²) in [6.45, 7) is 2.18. The summed E-state index contributed by atoms with van der Waals surface area (Å²) in [4.78, 5) is 32.4. The number of unbranched alkanes of at least 4 members (excludes halogenated alkanes) is 1. The van der Waals surface area contributed by atoms with Gasteiger partial charge in [-0.2, -0.15) is 0 Å². The van der Waals surface area contributed by atoms with Crippen LogP contribution in [0.2, 0.25) is 0 Å². The Balaban J connectivity index is 4.02. The van der Waals surface area contributed by atoms with Crippen LogP contribution in [-0.4, -0.2) is 35.7 Å². The van der Waals surface area contributed by atoms with Crippen LogP contribution in [0.3, 0.4) is 0 Å². The first-order valence-corrected chi connectivity index (χ1v) is 5.41. The van der Waals surface area contributed by atoms with E-state index >= 15 is 0 Å². The number of amides is 2. The van der Waals surface area contributed by atoms with Crippen LogP contribution in [0.4, 0.5) is 4.79 Å². The molecule has 0 spiro atoms. The number of nitrogens with two attached hydrogens (primary N) is 1. The predicted octanol–water partition coefficient (Wildman–Crippen LogP) is 0.231. The molecule has 0 aliphatic carbocycles. The number of hydrogen-bond donors (Lipinski definition) is 3. The molecule has 0 rings (SSSR count). The maximum absolute atomic E-state index is 11.2.